The summed E-state index contributed by atoms with van der Waals surface area (Å²) in [6, 6.07) is 8.32. The topological polar surface area (TPSA) is 53.6 Å². The first-order valence-electron chi connectivity index (χ1n) is 8.62. The Bertz CT molecular complexity index is 470. The Morgan fingerprint density at radius 3 is 2.61 bits per heavy atom. The Kier molecular flexibility index (Phi) is 7.36. The third kappa shape index (κ3) is 6.20. The second-order valence-electron chi connectivity index (χ2n) is 6.02. The van der Waals surface area contributed by atoms with Crippen LogP contribution in [0.4, 0.5) is 4.79 Å². The molecular formula is C18H29N3O2. The third-order valence-corrected chi connectivity index (χ3v) is 4.28. The zero-order chi connectivity index (χ0) is 16.5. The molecule has 128 valence electrons. The van der Waals surface area contributed by atoms with E-state index in [2.05, 4.69) is 46.7 Å². The summed E-state index contributed by atoms with van der Waals surface area (Å²) in [4.78, 5) is 14.3. The lowest BCUT2D eigenvalue weighted by molar-refractivity contribution is 0.0375. The largest absolute Gasteiger partial charge is 0.379 e. The third-order valence-electron chi connectivity index (χ3n) is 4.28. The van der Waals surface area contributed by atoms with Gasteiger partial charge in [0, 0.05) is 19.6 Å². The van der Waals surface area contributed by atoms with Crippen molar-refractivity contribution >= 4 is 6.03 Å². The molecule has 0 saturated carbocycles. The number of carbonyl (C=O) groups is 1. The minimum atomic E-state index is -0.0981. The first kappa shape index (κ1) is 17.8. The lowest BCUT2D eigenvalue weighted by atomic mass is 10.1. The van der Waals surface area contributed by atoms with Crippen molar-refractivity contribution in [2.75, 3.05) is 39.4 Å². The van der Waals surface area contributed by atoms with Crippen molar-refractivity contribution in [3.63, 3.8) is 0 Å². The van der Waals surface area contributed by atoms with Gasteiger partial charge in [0.05, 0.1) is 19.3 Å². The highest BCUT2D eigenvalue weighted by atomic mass is 16.5. The van der Waals surface area contributed by atoms with E-state index in [4.69, 9.17) is 4.74 Å². The van der Waals surface area contributed by atoms with Gasteiger partial charge in [-0.2, -0.15) is 0 Å². The van der Waals surface area contributed by atoms with E-state index in [9.17, 15) is 4.79 Å². The van der Waals surface area contributed by atoms with Crippen LogP contribution in [-0.2, 0) is 11.2 Å². The van der Waals surface area contributed by atoms with Gasteiger partial charge in [0.1, 0.15) is 0 Å². The molecule has 0 aliphatic carbocycles. The molecule has 1 aliphatic rings. The number of aryl methyl sites for hydroxylation is 1. The molecule has 1 aromatic carbocycles. The zero-order valence-corrected chi connectivity index (χ0v) is 14.3. The normalized spacial score (nSPS) is 16.8. The minimum absolute atomic E-state index is 0.0140. The van der Waals surface area contributed by atoms with Crippen LogP contribution < -0.4 is 10.6 Å². The highest BCUT2D eigenvalue weighted by molar-refractivity contribution is 5.74. The van der Waals surface area contributed by atoms with Gasteiger partial charge in [0.25, 0.3) is 0 Å². The summed E-state index contributed by atoms with van der Waals surface area (Å²) >= 11 is 0. The van der Waals surface area contributed by atoms with Gasteiger partial charge in [0.2, 0.25) is 0 Å². The van der Waals surface area contributed by atoms with Crippen molar-refractivity contribution in [3.8, 4) is 0 Å². The summed E-state index contributed by atoms with van der Waals surface area (Å²) in [7, 11) is 0. The van der Waals surface area contributed by atoms with E-state index >= 15 is 0 Å². The highest BCUT2D eigenvalue weighted by Crippen LogP contribution is 2.13. The Balaban J connectivity index is 1.63. The second-order valence-corrected chi connectivity index (χ2v) is 6.02. The minimum Gasteiger partial charge on any atom is -0.379 e. The SMILES string of the molecule is CCc1ccc(C(C)NC(=O)NCCCN2CCOCC2)cc1. The van der Waals surface area contributed by atoms with E-state index in [1.807, 2.05) is 6.92 Å². The maximum absolute atomic E-state index is 11.9. The molecule has 1 aliphatic heterocycles. The summed E-state index contributed by atoms with van der Waals surface area (Å²) in [5, 5.41) is 5.93. The van der Waals surface area contributed by atoms with Crippen LogP contribution in [0.1, 0.15) is 37.4 Å². The molecule has 2 rings (SSSR count). The van der Waals surface area contributed by atoms with E-state index in [-0.39, 0.29) is 12.1 Å². The molecule has 2 N–H and O–H groups in total. The fourth-order valence-corrected chi connectivity index (χ4v) is 2.70. The van der Waals surface area contributed by atoms with Crippen LogP contribution in [0.3, 0.4) is 0 Å². The molecule has 0 radical (unpaired) electrons. The van der Waals surface area contributed by atoms with Crippen LogP contribution in [0, 0.1) is 0 Å². The molecule has 1 atom stereocenters. The van der Waals surface area contributed by atoms with Crippen LogP contribution in [0.25, 0.3) is 0 Å². The number of hydrogen-bond donors (Lipinski definition) is 2. The summed E-state index contributed by atoms with van der Waals surface area (Å²) < 4.78 is 5.32. The molecule has 2 amide bonds. The molecule has 0 spiro atoms. The quantitative estimate of drug-likeness (QED) is 0.759. The predicted octanol–water partition coefficient (Wildman–Crippen LogP) is 2.33. The molecular weight excluding hydrogens is 290 g/mol. The molecule has 5 heteroatoms. The number of urea groups is 1. The van der Waals surface area contributed by atoms with Crippen molar-refractivity contribution in [1.29, 1.82) is 0 Å². The summed E-state index contributed by atoms with van der Waals surface area (Å²) in [6.07, 6.45) is 2.00. The number of benzene rings is 1. The second kappa shape index (κ2) is 9.53. The van der Waals surface area contributed by atoms with Crippen molar-refractivity contribution in [2.45, 2.75) is 32.7 Å². The van der Waals surface area contributed by atoms with E-state index in [0.717, 1.165) is 51.3 Å². The van der Waals surface area contributed by atoms with Crippen molar-refractivity contribution in [3.05, 3.63) is 35.4 Å². The van der Waals surface area contributed by atoms with Gasteiger partial charge in [-0.25, -0.2) is 4.79 Å². The van der Waals surface area contributed by atoms with E-state index in [1.54, 1.807) is 0 Å². The van der Waals surface area contributed by atoms with Crippen LogP contribution in [0.15, 0.2) is 24.3 Å². The number of morpholine rings is 1. The monoisotopic (exact) mass is 319 g/mol. The summed E-state index contributed by atoms with van der Waals surface area (Å²) in [6.45, 7) is 9.50. The van der Waals surface area contributed by atoms with E-state index in [1.165, 1.54) is 5.56 Å². The first-order chi connectivity index (χ1) is 11.2. The van der Waals surface area contributed by atoms with Crippen LogP contribution in [-0.4, -0.2) is 50.3 Å². The molecule has 0 bridgehead atoms. The molecule has 1 fully saturated rings. The van der Waals surface area contributed by atoms with Gasteiger partial charge >= 0.3 is 6.03 Å². The average molecular weight is 319 g/mol. The number of nitrogens with zero attached hydrogens (tertiary/aromatic N) is 1. The molecule has 23 heavy (non-hydrogen) atoms. The van der Waals surface area contributed by atoms with Crippen molar-refractivity contribution in [2.24, 2.45) is 0 Å². The molecule has 5 nitrogen and oxygen atoms in total. The Morgan fingerprint density at radius 1 is 1.26 bits per heavy atom. The first-order valence-corrected chi connectivity index (χ1v) is 8.62. The van der Waals surface area contributed by atoms with Gasteiger partial charge in [-0.3, -0.25) is 4.90 Å². The van der Waals surface area contributed by atoms with E-state index < -0.39 is 0 Å². The molecule has 1 aromatic rings. The van der Waals surface area contributed by atoms with Gasteiger partial charge in [-0.15, -0.1) is 0 Å². The molecule has 1 saturated heterocycles. The van der Waals surface area contributed by atoms with Gasteiger partial charge < -0.3 is 15.4 Å². The summed E-state index contributed by atoms with van der Waals surface area (Å²) in [5.41, 5.74) is 2.44. The maximum Gasteiger partial charge on any atom is 0.315 e. The fourth-order valence-electron chi connectivity index (χ4n) is 2.70. The van der Waals surface area contributed by atoms with Gasteiger partial charge in [-0.1, -0.05) is 31.2 Å². The van der Waals surface area contributed by atoms with Gasteiger partial charge in [-0.05, 0) is 37.4 Å². The van der Waals surface area contributed by atoms with Crippen molar-refractivity contribution in [1.82, 2.24) is 15.5 Å². The average Bonchev–Trinajstić information content (AvgIpc) is 2.59. The molecule has 1 unspecified atom stereocenters. The van der Waals surface area contributed by atoms with Crippen LogP contribution in [0.5, 0.6) is 0 Å². The number of nitrogens with one attached hydrogen (secondary N) is 2. The smallest absolute Gasteiger partial charge is 0.315 e. The number of ether oxygens (including phenoxy) is 1. The van der Waals surface area contributed by atoms with Crippen molar-refractivity contribution < 1.29 is 9.53 Å². The number of rotatable bonds is 7. The lowest BCUT2D eigenvalue weighted by Crippen LogP contribution is -2.40. The van der Waals surface area contributed by atoms with Gasteiger partial charge in [0.15, 0.2) is 0 Å². The van der Waals surface area contributed by atoms with Crippen LogP contribution >= 0.6 is 0 Å². The molecule has 1 heterocycles. The van der Waals surface area contributed by atoms with Crippen LogP contribution in [0.2, 0.25) is 0 Å². The fraction of sp³-hybridized carbons (Fsp3) is 0.611. The Morgan fingerprint density at radius 2 is 1.96 bits per heavy atom. The Hall–Kier alpha value is -1.59. The highest BCUT2D eigenvalue weighted by Gasteiger charge is 2.11. The Labute approximate surface area is 139 Å². The van der Waals surface area contributed by atoms with E-state index in [0.29, 0.717) is 6.54 Å². The molecule has 0 aromatic heterocycles. The number of amides is 2. The summed E-state index contributed by atoms with van der Waals surface area (Å²) in [5.74, 6) is 0. The lowest BCUT2D eigenvalue weighted by Gasteiger charge is -2.26. The number of hydrogen-bond acceptors (Lipinski definition) is 3. The predicted molar refractivity (Wildman–Crippen MR) is 92.6 cm³/mol. The standard InChI is InChI=1S/C18H29N3O2/c1-3-16-5-7-17(8-6-16)15(2)20-18(22)19-9-4-10-21-11-13-23-14-12-21/h5-8,15H,3-4,9-14H2,1-2H3,(H2,19,20,22). The zero-order valence-electron chi connectivity index (χ0n) is 14.3. The number of carbonyl (C=O) groups excluding carboxylic acids is 1. The maximum atomic E-state index is 11.9.